The highest BCUT2D eigenvalue weighted by Gasteiger charge is 2.45. The predicted octanol–water partition coefficient (Wildman–Crippen LogP) is 2.99. The molecular weight excluding hydrogens is 356 g/mol. The molecule has 0 radical (unpaired) electrons. The summed E-state index contributed by atoms with van der Waals surface area (Å²) in [5, 5.41) is 0.391. The Bertz CT molecular complexity index is 1100. The first-order valence-corrected chi connectivity index (χ1v) is 8.59. The van der Waals surface area contributed by atoms with E-state index >= 15 is 0 Å². The lowest BCUT2D eigenvalue weighted by atomic mass is 10.2. The number of H-pyrrole nitrogens is 1. The van der Waals surface area contributed by atoms with Gasteiger partial charge in [-0.25, -0.2) is 13.4 Å². The van der Waals surface area contributed by atoms with Crippen molar-refractivity contribution in [2.45, 2.75) is 18.1 Å². The molecule has 2 N–H and O–H groups in total. The Morgan fingerprint density at radius 1 is 1.28 bits per heavy atom. The van der Waals surface area contributed by atoms with E-state index < -0.39 is 16.3 Å². The van der Waals surface area contributed by atoms with E-state index in [0.717, 1.165) is 5.56 Å². The maximum absolute atomic E-state index is 13.2. The number of halogens is 2. The molecule has 0 saturated carbocycles. The lowest BCUT2D eigenvalue weighted by Gasteiger charge is -2.10. The van der Waals surface area contributed by atoms with E-state index in [1.807, 2.05) is 0 Å². The standard InChI is InChI=1S/C15H11F2N3O4S/c1-8-5-9-12(7-19-14(9)18-6-8)25(21,22)20-10-3-2-4-11-13(10)24-15(16,17)23-11/h2-7,20H,1H3,(H,18,19). The largest absolute Gasteiger partial charge is 0.586 e. The minimum atomic E-state index is -4.07. The van der Waals surface area contributed by atoms with Crippen LogP contribution in [0.4, 0.5) is 14.5 Å². The third-order valence-corrected chi connectivity index (χ3v) is 5.00. The summed E-state index contributed by atoms with van der Waals surface area (Å²) < 4.78 is 62.9. The van der Waals surface area contributed by atoms with Crippen molar-refractivity contribution in [2.24, 2.45) is 0 Å². The number of benzene rings is 1. The molecule has 0 fully saturated rings. The van der Waals surface area contributed by atoms with Crippen molar-refractivity contribution in [1.82, 2.24) is 9.97 Å². The first-order chi connectivity index (χ1) is 11.8. The van der Waals surface area contributed by atoms with Crippen LogP contribution < -0.4 is 14.2 Å². The van der Waals surface area contributed by atoms with E-state index in [2.05, 4.69) is 24.2 Å². The molecule has 1 aliphatic heterocycles. The van der Waals surface area contributed by atoms with Crippen molar-refractivity contribution in [3.8, 4) is 11.5 Å². The smallest absolute Gasteiger partial charge is 0.395 e. The van der Waals surface area contributed by atoms with Gasteiger partial charge < -0.3 is 14.5 Å². The number of aromatic amines is 1. The lowest BCUT2D eigenvalue weighted by molar-refractivity contribution is -0.286. The molecule has 2 aromatic heterocycles. The van der Waals surface area contributed by atoms with E-state index in [1.54, 1.807) is 19.2 Å². The molecule has 0 amide bonds. The number of aryl methyl sites for hydroxylation is 1. The molecule has 3 aromatic rings. The first-order valence-electron chi connectivity index (χ1n) is 7.11. The summed E-state index contributed by atoms with van der Waals surface area (Å²) >= 11 is 0. The zero-order valence-electron chi connectivity index (χ0n) is 12.7. The van der Waals surface area contributed by atoms with E-state index in [-0.39, 0.29) is 22.1 Å². The molecule has 0 atom stereocenters. The Morgan fingerprint density at radius 3 is 2.88 bits per heavy atom. The van der Waals surface area contributed by atoms with Crippen LogP contribution in [-0.2, 0) is 10.0 Å². The van der Waals surface area contributed by atoms with Crippen molar-refractivity contribution >= 4 is 26.7 Å². The second kappa shape index (κ2) is 5.06. The van der Waals surface area contributed by atoms with Crippen LogP contribution in [0.5, 0.6) is 11.5 Å². The van der Waals surface area contributed by atoms with Crippen molar-refractivity contribution in [1.29, 1.82) is 0 Å². The second-order valence-corrected chi connectivity index (χ2v) is 7.12. The topological polar surface area (TPSA) is 93.3 Å². The predicted molar refractivity (Wildman–Crippen MR) is 84.3 cm³/mol. The van der Waals surface area contributed by atoms with Gasteiger partial charge in [0.1, 0.15) is 10.5 Å². The van der Waals surface area contributed by atoms with E-state index in [4.69, 9.17) is 0 Å². The molecule has 4 rings (SSSR count). The van der Waals surface area contributed by atoms with Crippen molar-refractivity contribution in [3.05, 3.63) is 42.2 Å². The van der Waals surface area contributed by atoms with Gasteiger partial charge in [0.05, 0.1) is 5.69 Å². The van der Waals surface area contributed by atoms with Gasteiger partial charge in [-0.1, -0.05) is 6.07 Å². The number of ether oxygens (including phenoxy) is 2. The summed E-state index contributed by atoms with van der Waals surface area (Å²) in [4.78, 5) is 6.82. The number of nitrogens with zero attached hydrogens (tertiary/aromatic N) is 1. The first kappa shape index (κ1) is 15.6. The fourth-order valence-corrected chi connectivity index (χ4v) is 3.77. The molecule has 130 valence electrons. The summed E-state index contributed by atoms with van der Waals surface area (Å²) in [6.07, 6.45) is -0.958. The normalized spacial score (nSPS) is 15.5. The molecule has 0 bridgehead atoms. The highest BCUT2D eigenvalue weighted by Crippen LogP contribution is 2.46. The number of sulfonamides is 1. The monoisotopic (exact) mass is 367 g/mol. The van der Waals surface area contributed by atoms with Crippen LogP contribution in [0, 0.1) is 6.92 Å². The zero-order chi connectivity index (χ0) is 17.8. The van der Waals surface area contributed by atoms with E-state index in [0.29, 0.717) is 11.0 Å². The summed E-state index contributed by atoms with van der Waals surface area (Å²) in [5.74, 6) is -0.619. The Hall–Kier alpha value is -2.88. The number of hydrogen-bond acceptors (Lipinski definition) is 5. The Morgan fingerprint density at radius 2 is 2.08 bits per heavy atom. The van der Waals surface area contributed by atoms with Crippen molar-refractivity contribution in [3.63, 3.8) is 0 Å². The van der Waals surface area contributed by atoms with Crippen LogP contribution in [-0.4, -0.2) is 24.7 Å². The maximum Gasteiger partial charge on any atom is 0.586 e. The van der Waals surface area contributed by atoms with Gasteiger partial charge in [0.25, 0.3) is 10.0 Å². The molecule has 10 heteroatoms. The number of aromatic nitrogens is 2. The molecule has 3 heterocycles. The second-order valence-electron chi connectivity index (χ2n) is 5.47. The van der Waals surface area contributed by atoms with Crippen LogP contribution in [0.3, 0.4) is 0 Å². The van der Waals surface area contributed by atoms with Crippen LogP contribution in [0.1, 0.15) is 5.56 Å². The van der Waals surface area contributed by atoms with Crippen LogP contribution in [0.25, 0.3) is 11.0 Å². The van der Waals surface area contributed by atoms with Gasteiger partial charge in [0.15, 0.2) is 11.5 Å². The number of alkyl halides is 2. The van der Waals surface area contributed by atoms with Gasteiger partial charge in [-0.05, 0) is 30.7 Å². The number of para-hydroxylation sites is 1. The quantitative estimate of drug-likeness (QED) is 0.742. The number of pyridine rings is 1. The number of fused-ring (bicyclic) bond motifs is 2. The van der Waals surface area contributed by atoms with Crippen LogP contribution in [0.2, 0.25) is 0 Å². The van der Waals surface area contributed by atoms with Crippen LogP contribution >= 0.6 is 0 Å². The molecule has 7 nitrogen and oxygen atoms in total. The molecule has 0 saturated heterocycles. The molecule has 1 aromatic carbocycles. The molecule has 0 spiro atoms. The van der Waals surface area contributed by atoms with Crippen molar-refractivity contribution in [2.75, 3.05) is 4.72 Å². The van der Waals surface area contributed by atoms with Gasteiger partial charge in [0, 0.05) is 17.8 Å². The summed E-state index contributed by atoms with van der Waals surface area (Å²) in [6.45, 7) is 1.78. The maximum atomic E-state index is 13.2. The SMILES string of the molecule is Cc1cnc2[nH]cc(S(=O)(=O)Nc3cccc4c3OC(F)(F)O4)c2c1. The minimum Gasteiger partial charge on any atom is -0.395 e. The Balaban J connectivity index is 1.76. The summed E-state index contributed by atoms with van der Waals surface area (Å²) in [5.41, 5.74) is 1.03. The molecule has 0 unspecified atom stereocenters. The number of nitrogens with one attached hydrogen (secondary N) is 2. The number of anilines is 1. The average Bonchev–Trinajstić information content (AvgIpc) is 3.06. The third kappa shape index (κ3) is 2.64. The highest BCUT2D eigenvalue weighted by atomic mass is 32.2. The van der Waals surface area contributed by atoms with Gasteiger partial charge >= 0.3 is 6.29 Å². The number of hydrogen-bond donors (Lipinski definition) is 2. The fraction of sp³-hybridized carbons (Fsp3) is 0.133. The molecule has 1 aliphatic rings. The molecule has 0 aliphatic carbocycles. The third-order valence-electron chi connectivity index (χ3n) is 3.59. The van der Waals surface area contributed by atoms with Crippen LogP contribution in [0.15, 0.2) is 41.6 Å². The highest BCUT2D eigenvalue weighted by molar-refractivity contribution is 7.93. The Kier molecular flexibility index (Phi) is 3.16. The van der Waals surface area contributed by atoms with Gasteiger partial charge in [0.2, 0.25) is 0 Å². The van der Waals surface area contributed by atoms with E-state index in [1.165, 1.54) is 24.4 Å². The van der Waals surface area contributed by atoms with Crippen molar-refractivity contribution < 1.29 is 26.7 Å². The van der Waals surface area contributed by atoms with E-state index in [9.17, 15) is 17.2 Å². The van der Waals surface area contributed by atoms with Gasteiger partial charge in [-0.15, -0.1) is 8.78 Å². The van der Waals surface area contributed by atoms with Gasteiger partial charge in [-0.2, -0.15) is 0 Å². The zero-order valence-corrected chi connectivity index (χ0v) is 13.5. The average molecular weight is 367 g/mol. The summed E-state index contributed by atoms with van der Waals surface area (Å²) in [7, 11) is -4.07. The summed E-state index contributed by atoms with van der Waals surface area (Å²) in [6, 6.07) is 5.60. The lowest BCUT2D eigenvalue weighted by Crippen LogP contribution is -2.26. The van der Waals surface area contributed by atoms with Gasteiger partial charge in [-0.3, -0.25) is 4.72 Å². The molecular formula is C15H11F2N3O4S. The Labute approximate surface area is 140 Å². The number of rotatable bonds is 3. The fourth-order valence-electron chi connectivity index (χ4n) is 2.56. The minimum absolute atomic E-state index is 0.0537. The molecule has 25 heavy (non-hydrogen) atoms.